The summed E-state index contributed by atoms with van der Waals surface area (Å²) in [5.41, 5.74) is 4.83. The maximum absolute atomic E-state index is 12.9. The van der Waals surface area contributed by atoms with Gasteiger partial charge in [-0.3, -0.25) is 4.79 Å². The number of nitrogens with zero attached hydrogens (tertiary/aromatic N) is 3. The van der Waals surface area contributed by atoms with Crippen LogP contribution in [-0.4, -0.2) is 46.0 Å². The van der Waals surface area contributed by atoms with Crippen LogP contribution in [-0.2, 0) is 11.3 Å². The molecule has 4 rings (SSSR count). The number of nitrogens with one attached hydrogen (secondary N) is 1. The van der Waals surface area contributed by atoms with E-state index in [2.05, 4.69) is 15.3 Å². The Morgan fingerprint density at radius 1 is 1.00 bits per heavy atom. The number of ether oxygens (including phenoxy) is 1. The van der Waals surface area contributed by atoms with Crippen molar-refractivity contribution in [2.75, 3.05) is 13.1 Å². The van der Waals surface area contributed by atoms with Crippen LogP contribution < -0.4 is 5.32 Å². The molecule has 3 aromatic rings. The lowest BCUT2D eigenvalue weighted by Crippen LogP contribution is -2.46. The van der Waals surface area contributed by atoms with Crippen molar-refractivity contribution in [3.05, 3.63) is 71.0 Å². The third kappa shape index (κ3) is 4.99. The van der Waals surface area contributed by atoms with Crippen molar-refractivity contribution in [2.24, 2.45) is 0 Å². The van der Waals surface area contributed by atoms with E-state index < -0.39 is 6.09 Å². The van der Waals surface area contributed by atoms with Gasteiger partial charge in [0.15, 0.2) is 0 Å². The molecule has 1 aliphatic heterocycles. The number of amides is 2. The fraction of sp³-hybridized carbons (Fsp3) is 0.333. The quantitative estimate of drug-likeness (QED) is 0.697. The van der Waals surface area contributed by atoms with E-state index in [0.717, 1.165) is 28.0 Å². The number of fused-ring (bicyclic) bond motifs is 1. The zero-order valence-corrected chi connectivity index (χ0v) is 17.8. The molecule has 1 fully saturated rings. The number of hydrogen-bond acceptors (Lipinski definition) is 5. The van der Waals surface area contributed by atoms with Gasteiger partial charge >= 0.3 is 6.09 Å². The first kappa shape index (κ1) is 20.8. The molecular formula is C24H26N4O3. The van der Waals surface area contributed by atoms with E-state index in [-0.39, 0.29) is 18.6 Å². The summed E-state index contributed by atoms with van der Waals surface area (Å²) >= 11 is 0. The molecule has 2 amide bonds. The Hall–Kier alpha value is -3.48. The standard InChI is InChI=1S/C24H26N4O3/c1-16-17(2)26-22-14-19(8-9-21(22)25-16)23(29)28-12-10-20(11-13-28)27-24(30)31-15-18-6-4-3-5-7-18/h3-9,14,20H,10-13,15H2,1-2H3,(H,27,30). The molecule has 0 radical (unpaired) electrons. The van der Waals surface area contributed by atoms with E-state index in [1.807, 2.05) is 61.2 Å². The minimum atomic E-state index is -0.424. The highest BCUT2D eigenvalue weighted by Gasteiger charge is 2.25. The third-order valence-corrected chi connectivity index (χ3v) is 5.64. The number of carbonyl (C=O) groups is 2. The molecule has 31 heavy (non-hydrogen) atoms. The van der Waals surface area contributed by atoms with Gasteiger partial charge in [-0.25, -0.2) is 14.8 Å². The average molecular weight is 418 g/mol. The largest absolute Gasteiger partial charge is 0.445 e. The molecule has 7 nitrogen and oxygen atoms in total. The second kappa shape index (κ2) is 9.12. The highest BCUT2D eigenvalue weighted by molar-refractivity contribution is 5.97. The Morgan fingerprint density at radius 2 is 1.68 bits per heavy atom. The van der Waals surface area contributed by atoms with E-state index in [1.165, 1.54) is 0 Å². The number of carbonyl (C=O) groups excluding carboxylic acids is 2. The molecule has 0 aliphatic carbocycles. The van der Waals surface area contributed by atoms with Gasteiger partial charge in [-0.05, 0) is 50.5 Å². The Kier molecular flexibility index (Phi) is 6.11. The Morgan fingerprint density at radius 3 is 2.39 bits per heavy atom. The molecular weight excluding hydrogens is 392 g/mol. The van der Waals surface area contributed by atoms with Gasteiger partial charge in [0.1, 0.15) is 6.61 Å². The van der Waals surface area contributed by atoms with Gasteiger partial charge in [0.05, 0.1) is 22.4 Å². The van der Waals surface area contributed by atoms with Crippen molar-refractivity contribution >= 4 is 23.0 Å². The Balaban J connectivity index is 1.30. The lowest BCUT2D eigenvalue weighted by atomic mass is 10.0. The number of aryl methyl sites for hydroxylation is 2. The Labute approximate surface area is 181 Å². The van der Waals surface area contributed by atoms with E-state index in [0.29, 0.717) is 31.5 Å². The fourth-order valence-corrected chi connectivity index (χ4v) is 3.70. The minimum absolute atomic E-state index is 0.000387. The van der Waals surface area contributed by atoms with Gasteiger partial charge < -0.3 is 15.0 Å². The van der Waals surface area contributed by atoms with Gasteiger partial charge in [0.2, 0.25) is 0 Å². The second-order valence-electron chi connectivity index (χ2n) is 7.87. The molecule has 1 N–H and O–H groups in total. The first-order valence-corrected chi connectivity index (χ1v) is 10.5. The van der Waals surface area contributed by atoms with Crippen LogP contribution in [0.4, 0.5) is 4.79 Å². The highest BCUT2D eigenvalue weighted by Crippen LogP contribution is 2.18. The zero-order valence-electron chi connectivity index (χ0n) is 17.8. The topological polar surface area (TPSA) is 84.4 Å². The van der Waals surface area contributed by atoms with Crippen LogP contribution in [0.3, 0.4) is 0 Å². The van der Waals surface area contributed by atoms with Gasteiger partial charge in [-0.15, -0.1) is 0 Å². The number of aromatic nitrogens is 2. The van der Waals surface area contributed by atoms with Crippen molar-refractivity contribution in [1.82, 2.24) is 20.2 Å². The molecule has 0 bridgehead atoms. The van der Waals surface area contributed by atoms with Crippen molar-refractivity contribution in [3.63, 3.8) is 0 Å². The monoisotopic (exact) mass is 418 g/mol. The van der Waals surface area contributed by atoms with Crippen molar-refractivity contribution in [2.45, 2.75) is 39.3 Å². The number of benzene rings is 2. The number of alkyl carbamates (subject to hydrolysis) is 1. The summed E-state index contributed by atoms with van der Waals surface area (Å²) in [6.45, 7) is 5.25. The molecule has 1 saturated heterocycles. The molecule has 2 aromatic carbocycles. The van der Waals surface area contributed by atoms with E-state index in [9.17, 15) is 9.59 Å². The van der Waals surface area contributed by atoms with Gasteiger partial charge in [-0.1, -0.05) is 30.3 Å². The van der Waals surface area contributed by atoms with Gasteiger partial charge in [0.25, 0.3) is 5.91 Å². The van der Waals surface area contributed by atoms with Gasteiger partial charge in [0, 0.05) is 24.7 Å². The van der Waals surface area contributed by atoms with Crippen molar-refractivity contribution in [3.8, 4) is 0 Å². The lowest BCUT2D eigenvalue weighted by Gasteiger charge is -2.32. The molecule has 0 saturated carbocycles. The van der Waals surface area contributed by atoms with Crippen molar-refractivity contribution in [1.29, 1.82) is 0 Å². The summed E-state index contributed by atoms with van der Waals surface area (Å²) in [5, 5.41) is 2.91. The predicted octanol–water partition coefficient (Wildman–Crippen LogP) is 3.78. The van der Waals surface area contributed by atoms with Crippen LogP contribution in [0, 0.1) is 13.8 Å². The first-order chi connectivity index (χ1) is 15.0. The molecule has 1 aliphatic rings. The highest BCUT2D eigenvalue weighted by atomic mass is 16.5. The van der Waals surface area contributed by atoms with E-state index >= 15 is 0 Å². The maximum Gasteiger partial charge on any atom is 0.407 e. The number of hydrogen-bond donors (Lipinski definition) is 1. The van der Waals surface area contributed by atoms with Crippen LogP contribution in [0.1, 0.15) is 40.2 Å². The normalized spacial score (nSPS) is 14.5. The summed E-state index contributed by atoms with van der Waals surface area (Å²) in [6, 6.07) is 15.0. The molecule has 0 unspecified atom stereocenters. The van der Waals surface area contributed by atoms with Crippen molar-refractivity contribution < 1.29 is 14.3 Å². The maximum atomic E-state index is 12.9. The molecule has 0 spiro atoms. The summed E-state index contributed by atoms with van der Waals surface area (Å²) in [7, 11) is 0. The molecule has 7 heteroatoms. The van der Waals surface area contributed by atoms with Crippen LogP contribution in [0.25, 0.3) is 11.0 Å². The summed E-state index contributed by atoms with van der Waals surface area (Å²) < 4.78 is 5.29. The summed E-state index contributed by atoms with van der Waals surface area (Å²) in [5.74, 6) is -0.0213. The first-order valence-electron chi connectivity index (χ1n) is 10.5. The van der Waals surface area contributed by atoms with Crippen LogP contribution in [0.2, 0.25) is 0 Å². The van der Waals surface area contributed by atoms with E-state index in [1.54, 1.807) is 6.07 Å². The molecule has 160 valence electrons. The fourth-order valence-electron chi connectivity index (χ4n) is 3.70. The van der Waals surface area contributed by atoms with Gasteiger partial charge in [-0.2, -0.15) is 0 Å². The van der Waals surface area contributed by atoms with E-state index in [4.69, 9.17) is 4.74 Å². The molecule has 0 atom stereocenters. The van der Waals surface area contributed by atoms with Crippen LogP contribution >= 0.6 is 0 Å². The molecule has 1 aromatic heterocycles. The number of rotatable bonds is 4. The third-order valence-electron chi connectivity index (χ3n) is 5.64. The summed E-state index contributed by atoms with van der Waals surface area (Å²) in [4.78, 5) is 35.9. The number of piperidine rings is 1. The average Bonchev–Trinajstić information content (AvgIpc) is 2.79. The smallest absolute Gasteiger partial charge is 0.407 e. The SMILES string of the molecule is Cc1nc2ccc(C(=O)N3CCC(NC(=O)OCc4ccccc4)CC3)cc2nc1C. The molecule has 2 heterocycles. The minimum Gasteiger partial charge on any atom is -0.445 e. The lowest BCUT2D eigenvalue weighted by molar-refractivity contribution is 0.0701. The number of likely N-dealkylation sites (tertiary alicyclic amines) is 1. The van der Waals surface area contributed by atoms with Crippen LogP contribution in [0.5, 0.6) is 0 Å². The predicted molar refractivity (Wildman–Crippen MR) is 118 cm³/mol. The van der Waals surface area contributed by atoms with Crippen LogP contribution in [0.15, 0.2) is 48.5 Å². The zero-order chi connectivity index (χ0) is 21.8. The second-order valence-corrected chi connectivity index (χ2v) is 7.87. The summed E-state index contributed by atoms with van der Waals surface area (Å²) in [6.07, 6.45) is 0.961. The Bertz CT molecular complexity index is 1090.